The Morgan fingerprint density at radius 1 is 1.10 bits per heavy atom. The molecule has 0 aliphatic carbocycles. The third-order valence-electron chi connectivity index (χ3n) is 4.44. The third kappa shape index (κ3) is 4.36. The maximum atomic E-state index is 12.4. The number of hydrogen-bond acceptors (Lipinski definition) is 7. The van der Waals surface area contributed by atoms with Gasteiger partial charge in [-0.15, -0.1) is 0 Å². The number of carbonyl (C=O) groups is 1. The quantitative estimate of drug-likeness (QED) is 0.240. The summed E-state index contributed by atoms with van der Waals surface area (Å²) in [5.41, 5.74) is 2.20. The molecular formula is C21H17N3O5S. The van der Waals surface area contributed by atoms with Crippen molar-refractivity contribution in [1.29, 1.82) is 0 Å². The summed E-state index contributed by atoms with van der Waals surface area (Å²) in [6.45, 7) is 0.305. The van der Waals surface area contributed by atoms with E-state index in [0.717, 1.165) is 11.1 Å². The van der Waals surface area contributed by atoms with Crippen LogP contribution in [-0.4, -0.2) is 33.5 Å². The largest absolute Gasteiger partial charge is 0.459 e. The molecule has 0 saturated heterocycles. The van der Waals surface area contributed by atoms with Crippen molar-refractivity contribution in [2.75, 3.05) is 12.8 Å². The number of thioether (sulfide) groups is 1. The molecule has 0 N–H and O–H groups in total. The fraction of sp³-hybridized carbons (Fsp3) is 0.143. The molecule has 1 amide bonds. The van der Waals surface area contributed by atoms with Gasteiger partial charge in [0, 0.05) is 24.7 Å². The zero-order valence-electron chi connectivity index (χ0n) is 16.0. The maximum absolute atomic E-state index is 12.4. The van der Waals surface area contributed by atoms with Crippen molar-refractivity contribution in [3.63, 3.8) is 0 Å². The molecule has 9 heteroatoms. The van der Waals surface area contributed by atoms with Gasteiger partial charge in [0.15, 0.2) is 5.58 Å². The number of oxazole rings is 1. The predicted molar refractivity (Wildman–Crippen MR) is 112 cm³/mol. The second kappa shape index (κ2) is 8.42. The molecule has 2 heterocycles. The summed E-state index contributed by atoms with van der Waals surface area (Å²) in [6.07, 6.45) is 0. The van der Waals surface area contributed by atoms with Crippen molar-refractivity contribution < 1.29 is 18.6 Å². The summed E-state index contributed by atoms with van der Waals surface area (Å²) in [5, 5.41) is 11.2. The lowest BCUT2D eigenvalue weighted by molar-refractivity contribution is -0.384. The molecular weight excluding hydrogens is 406 g/mol. The molecule has 0 radical (unpaired) electrons. The van der Waals surface area contributed by atoms with Crippen molar-refractivity contribution in [3.8, 4) is 11.3 Å². The SMILES string of the molecule is CN(Cc1ccc(-c2ccc([N+](=O)[O-])cc2)o1)C(=O)CSc1nc2ccccc2o1. The second-order valence-electron chi connectivity index (χ2n) is 6.56. The molecule has 0 saturated carbocycles. The number of furan rings is 1. The Hall–Kier alpha value is -3.59. The molecule has 2 aromatic heterocycles. The summed E-state index contributed by atoms with van der Waals surface area (Å²) >= 11 is 1.24. The van der Waals surface area contributed by atoms with Crippen molar-refractivity contribution in [2.24, 2.45) is 0 Å². The lowest BCUT2D eigenvalue weighted by atomic mass is 10.1. The van der Waals surface area contributed by atoms with E-state index in [4.69, 9.17) is 8.83 Å². The zero-order chi connectivity index (χ0) is 21.1. The Morgan fingerprint density at radius 2 is 1.87 bits per heavy atom. The number of carbonyl (C=O) groups excluding carboxylic acids is 1. The minimum Gasteiger partial charge on any atom is -0.459 e. The normalized spacial score (nSPS) is 11.0. The number of rotatable bonds is 7. The summed E-state index contributed by atoms with van der Waals surface area (Å²) in [4.78, 5) is 28.7. The van der Waals surface area contributed by atoms with Crippen LogP contribution < -0.4 is 0 Å². The van der Waals surface area contributed by atoms with E-state index in [9.17, 15) is 14.9 Å². The first-order chi connectivity index (χ1) is 14.5. The van der Waals surface area contributed by atoms with Crippen LogP contribution in [0.1, 0.15) is 5.76 Å². The Labute approximate surface area is 175 Å². The third-order valence-corrected chi connectivity index (χ3v) is 5.25. The summed E-state index contributed by atoms with van der Waals surface area (Å²) < 4.78 is 11.4. The molecule has 0 fully saturated rings. The summed E-state index contributed by atoms with van der Waals surface area (Å²) in [5.74, 6) is 1.31. The first-order valence-electron chi connectivity index (χ1n) is 9.05. The van der Waals surface area contributed by atoms with Crippen molar-refractivity contribution >= 4 is 34.5 Å². The highest BCUT2D eigenvalue weighted by Crippen LogP contribution is 2.26. The number of fused-ring (bicyclic) bond motifs is 1. The van der Waals surface area contributed by atoms with Crippen LogP contribution in [0.4, 0.5) is 5.69 Å². The van der Waals surface area contributed by atoms with E-state index >= 15 is 0 Å². The van der Waals surface area contributed by atoms with Crippen molar-refractivity contribution in [2.45, 2.75) is 11.8 Å². The first kappa shape index (κ1) is 19.7. The average Bonchev–Trinajstić information content (AvgIpc) is 3.38. The van der Waals surface area contributed by atoms with Gasteiger partial charge in [0.1, 0.15) is 17.0 Å². The van der Waals surface area contributed by atoms with Crippen LogP contribution in [0.25, 0.3) is 22.4 Å². The predicted octanol–water partition coefficient (Wildman–Crippen LogP) is 4.75. The average molecular weight is 423 g/mol. The van der Waals surface area contributed by atoms with E-state index in [1.165, 1.54) is 23.9 Å². The van der Waals surface area contributed by atoms with E-state index in [1.54, 1.807) is 36.2 Å². The molecule has 0 spiro atoms. The van der Waals surface area contributed by atoms with Gasteiger partial charge in [-0.3, -0.25) is 14.9 Å². The topological polar surface area (TPSA) is 103 Å². The monoisotopic (exact) mass is 423 g/mol. The minimum atomic E-state index is -0.448. The van der Waals surface area contributed by atoms with E-state index in [0.29, 0.717) is 28.9 Å². The van der Waals surface area contributed by atoms with Crippen molar-refractivity contribution in [1.82, 2.24) is 9.88 Å². The summed E-state index contributed by atoms with van der Waals surface area (Å²) in [6, 6.07) is 17.1. The summed E-state index contributed by atoms with van der Waals surface area (Å²) in [7, 11) is 1.70. The van der Waals surface area contributed by atoms with Gasteiger partial charge < -0.3 is 13.7 Å². The van der Waals surface area contributed by atoms with Crippen LogP contribution in [0.5, 0.6) is 0 Å². The van der Waals surface area contributed by atoms with Crippen LogP contribution >= 0.6 is 11.8 Å². The number of nitrogens with zero attached hydrogens (tertiary/aromatic N) is 3. The Bertz CT molecular complexity index is 1170. The molecule has 0 aliphatic rings. The highest BCUT2D eigenvalue weighted by atomic mass is 32.2. The molecule has 8 nitrogen and oxygen atoms in total. The number of amides is 1. The number of nitro benzene ring substituents is 1. The molecule has 0 aliphatic heterocycles. The Kier molecular flexibility index (Phi) is 5.53. The molecule has 4 aromatic rings. The van der Waals surface area contributed by atoms with Gasteiger partial charge in [-0.2, -0.15) is 0 Å². The first-order valence-corrected chi connectivity index (χ1v) is 10.0. The van der Waals surface area contributed by atoms with Gasteiger partial charge >= 0.3 is 0 Å². The van der Waals surface area contributed by atoms with Crippen LogP contribution in [0.2, 0.25) is 0 Å². The van der Waals surface area contributed by atoms with Crippen LogP contribution in [-0.2, 0) is 11.3 Å². The number of non-ortho nitro benzene ring substituents is 1. The van der Waals surface area contributed by atoms with Gasteiger partial charge in [0.25, 0.3) is 10.9 Å². The number of benzene rings is 2. The fourth-order valence-corrected chi connectivity index (χ4v) is 3.61. The minimum absolute atomic E-state index is 0.0207. The van der Waals surface area contributed by atoms with Crippen LogP contribution in [0.15, 0.2) is 74.7 Å². The maximum Gasteiger partial charge on any atom is 0.269 e. The standard InChI is InChI=1S/C21H17N3O5S/c1-23(20(25)13-30-21-22-17-4-2-3-5-19(17)29-21)12-16-10-11-18(28-16)14-6-8-15(9-7-14)24(26)27/h2-11H,12-13H2,1H3. The van der Waals surface area contributed by atoms with Gasteiger partial charge in [0.2, 0.25) is 5.91 Å². The Morgan fingerprint density at radius 3 is 2.60 bits per heavy atom. The highest BCUT2D eigenvalue weighted by molar-refractivity contribution is 7.99. The molecule has 4 rings (SSSR count). The van der Waals surface area contributed by atoms with E-state index in [2.05, 4.69) is 4.98 Å². The number of para-hydroxylation sites is 2. The molecule has 0 atom stereocenters. The van der Waals surface area contributed by atoms with Crippen LogP contribution in [0, 0.1) is 10.1 Å². The highest BCUT2D eigenvalue weighted by Gasteiger charge is 2.15. The smallest absolute Gasteiger partial charge is 0.269 e. The van der Waals surface area contributed by atoms with E-state index < -0.39 is 4.92 Å². The van der Waals surface area contributed by atoms with Gasteiger partial charge in [-0.1, -0.05) is 23.9 Å². The number of aromatic nitrogens is 1. The number of hydrogen-bond donors (Lipinski definition) is 0. The lowest BCUT2D eigenvalue weighted by Gasteiger charge is -2.14. The molecule has 0 unspecified atom stereocenters. The van der Waals surface area contributed by atoms with Gasteiger partial charge in [0.05, 0.1) is 17.2 Å². The molecule has 152 valence electrons. The Balaban J connectivity index is 1.34. The zero-order valence-corrected chi connectivity index (χ0v) is 16.8. The van der Waals surface area contributed by atoms with Crippen molar-refractivity contribution in [3.05, 3.63) is 76.5 Å². The van der Waals surface area contributed by atoms with E-state index in [-0.39, 0.29) is 17.3 Å². The molecule has 0 bridgehead atoms. The van der Waals surface area contributed by atoms with E-state index in [1.807, 2.05) is 24.3 Å². The van der Waals surface area contributed by atoms with Gasteiger partial charge in [-0.05, 0) is 36.4 Å². The lowest BCUT2D eigenvalue weighted by Crippen LogP contribution is -2.27. The van der Waals surface area contributed by atoms with Crippen LogP contribution in [0.3, 0.4) is 0 Å². The fourth-order valence-electron chi connectivity index (χ4n) is 2.83. The van der Waals surface area contributed by atoms with Gasteiger partial charge in [-0.25, -0.2) is 4.98 Å². The second-order valence-corrected chi connectivity index (χ2v) is 7.48. The molecule has 30 heavy (non-hydrogen) atoms. The number of nitro groups is 1. The molecule has 2 aromatic carbocycles.